The Kier molecular flexibility index (Phi) is 50.1. The van der Waals surface area contributed by atoms with Crippen molar-refractivity contribution in [3.8, 4) is 0 Å². The van der Waals surface area contributed by atoms with Gasteiger partial charge in [-0.1, -0.05) is 285 Å². The summed E-state index contributed by atoms with van der Waals surface area (Å²) in [5.74, 6) is 0.0104. The number of esters is 3. The normalized spacial score (nSPS) is 12.0. The first-order valence-electron chi connectivity index (χ1n) is 28.4. The van der Waals surface area contributed by atoms with E-state index in [-0.39, 0.29) is 31.1 Å². The lowest BCUT2D eigenvalue weighted by atomic mass is 10.0. The van der Waals surface area contributed by atoms with Gasteiger partial charge in [-0.3, -0.25) is 14.4 Å². The minimum absolute atomic E-state index is 0.0621. The molecule has 0 aliphatic heterocycles. The van der Waals surface area contributed by atoms with Gasteiger partial charge in [0.15, 0.2) is 6.10 Å². The smallest absolute Gasteiger partial charge is 0.306 e. The minimum atomic E-state index is -0.761. The first kappa shape index (κ1) is 61.4. The largest absolute Gasteiger partial charge is 0.462 e. The summed E-state index contributed by atoms with van der Waals surface area (Å²) in [5, 5.41) is 0. The van der Waals surface area contributed by atoms with Crippen molar-refractivity contribution in [1.29, 1.82) is 0 Å². The predicted octanol–water partition coefficient (Wildman–Crippen LogP) is 18.6. The number of unbranched alkanes of at least 4 members (excludes halogenated alkanes) is 39. The fourth-order valence-electron chi connectivity index (χ4n) is 8.75. The monoisotopic (exact) mass is 891 g/mol. The molecule has 0 saturated heterocycles. The summed E-state index contributed by atoms with van der Waals surface area (Å²) in [6.07, 6.45) is 55.2. The van der Waals surface area contributed by atoms with Gasteiger partial charge in [0.2, 0.25) is 0 Å². The van der Waals surface area contributed by atoms with Gasteiger partial charge >= 0.3 is 17.9 Å². The van der Waals surface area contributed by atoms with Crippen LogP contribution < -0.4 is 0 Å². The molecule has 0 bridgehead atoms. The fraction of sp³-hybridized carbons (Fsp3) is 0.947. The Morgan fingerprint density at radius 2 is 0.524 bits per heavy atom. The Hall–Kier alpha value is -1.59. The van der Waals surface area contributed by atoms with Crippen molar-refractivity contribution in [2.24, 2.45) is 5.92 Å². The van der Waals surface area contributed by atoms with Crippen molar-refractivity contribution in [3.05, 3.63) is 0 Å². The highest BCUT2D eigenvalue weighted by Gasteiger charge is 2.19. The van der Waals surface area contributed by atoms with Crippen molar-refractivity contribution in [2.75, 3.05) is 13.2 Å². The molecule has 0 rings (SSSR count). The van der Waals surface area contributed by atoms with Gasteiger partial charge in [0.1, 0.15) is 13.2 Å². The molecule has 0 aliphatic rings. The van der Waals surface area contributed by atoms with Crippen molar-refractivity contribution in [3.63, 3.8) is 0 Å². The van der Waals surface area contributed by atoms with Gasteiger partial charge in [0.05, 0.1) is 0 Å². The molecule has 0 aromatic rings. The molecule has 0 amide bonds. The minimum Gasteiger partial charge on any atom is -0.462 e. The number of rotatable bonds is 52. The number of carbonyl (C=O) groups is 3. The van der Waals surface area contributed by atoms with E-state index in [0.717, 1.165) is 63.7 Å². The van der Waals surface area contributed by atoms with Gasteiger partial charge in [0, 0.05) is 19.3 Å². The zero-order valence-corrected chi connectivity index (χ0v) is 43.0. The summed E-state index contributed by atoms with van der Waals surface area (Å²) in [7, 11) is 0. The van der Waals surface area contributed by atoms with Crippen molar-refractivity contribution in [2.45, 2.75) is 329 Å². The van der Waals surface area contributed by atoms with Crippen LogP contribution >= 0.6 is 0 Å². The van der Waals surface area contributed by atoms with Crippen LogP contribution in [0.4, 0.5) is 0 Å². The summed E-state index contributed by atoms with van der Waals surface area (Å²) in [6.45, 7) is 9.05. The van der Waals surface area contributed by atoms with Crippen LogP contribution in [0.2, 0.25) is 0 Å². The lowest BCUT2D eigenvalue weighted by Crippen LogP contribution is -2.30. The SMILES string of the molecule is CCCCCCCCCCCCCCCCCCCC(=O)OC[C@H](COC(=O)CCCCCCCCCCCCCCCCCC(C)C)OC(=O)CCCCCCCCCCCC. The molecule has 0 saturated carbocycles. The van der Waals surface area contributed by atoms with Crippen LogP contribution in [0.5, 0.6) is 0 Å². The van der Waals surface area contributed by atoms with Crippen LogP contribution in [0, 0.1) is 5.92 Å². The topological polar surface area (TPSA) is 78.9 Å². The van der Waals surface area contributed by atoms with Crippen molar-refractivity contribution in [1.82, 2.24) is 0 Å². The van der Waals surface area contributed by atoms with Crippen LogP contribution in [0.25, 0.3) is 0 Å². The van der Waals surface area contributed by atoms with E-state index in [0.29, 0.717) is 19.3 Å². The molecule has 0 aromatic heterocycles. The number of hydrogen-bond acceptors (Lipinski definition) is 6. The number of hydrogen-bond donors (Lipinski definition) is 0. The van der Waals surface area contributed by atoms with E-state index in [1.807, 2.05) is 0 Å². The van der Waals surface area contributed by atoms with Crippen LogP contribution in [0.15, 0.2) is 0 Å². The van der Waals surface area contributed by atoms with Gasteiger partial charge < -0.3 is 14.2 Å². The average molecular weight is 892 g/mol. The quantitative estimate of drug-likeness (QED) is 0.0344. The third-order valence-electron chi connectivity index (χ3n) is 13.0. The molecule has 0 N–H and O–H groups in total. The fourth-order valence-corrected chi connectivity index (χ4v) is 8.75. The molecule has 0 spiro atoms. The zero-order valence-electron chi connectivity index (χ0n) is 43.0. The Balaban J connectivity index is 4.21. The molecule has 0 radical (unpaired) electrons. The summed E-state index contributed by atoms with van der Waals surface area (Å²) < 4.78 is 16.8. The van der Waals surface area contributed by atoms with Gasteiger partial charge in [-0.2, -0.15) is 0 Å². The lowest BCUT2D eigenvalue weighted by molar-refractivity contribution is -0.167. The summed E-state index contributed by atoms with van der Waals surface area (Å²) >= 11 is 0. The lowest BCUT2D eigenvalue weighted by Gasteiger charge is -2.18. The molecular weight excluding hydrogens is 781 g/mol. The second-order valence-electron chi connectivity index (χ2n) is 20.1. The van der Waals surface area contributed by atoms with E-state index >= 15 is 0 Å². The van der Waals surface area contributed by atoms with Crippen LogP contribution in [0.1, 0.15) is 323 Å². The standard InChI is InChI=1S/C57H110O6/c1-5-7-9-11-13-15-17-18-19-20-23-26-29-33-36-40-44-48-55(58)61-51-54(63-57(60)50-46-42-38-32-16-14-12-10-8-6-2)52-62-56(59)49-45-41-37-34-30-27-24-21-22-25-28-31-35-39-43-47-53(3)4/h53-54H,5-52H2,1-4H3/t54-/m1/s1. The molecule has 0 fully saturated rings. The molecule has 63 heavy (non-hydrogen) atoms. The third kappa shape index (κ3) is 51.3. The first-order valence-corrected chi connectivity index (χ1v) is 28.4. The summed E-state index contributed by atoms with van der Waals surface area (Å²) in [6, 6.07) is 0. The third-order valence-corrected chi connectivity index (χ3v) is 13.0. The highest BCUT2D eigenvalue weighted by molar-refractivity contribution is 5.71. The van der Waals surface area contributed by atoms with Crippen LogP contribution in [-0.2, 0) is 28.6 Å². The molecular formula is C57H110O6. The second kappa shape index (κ2) is 51.4. The maximum Gasteiger partial charge on any atom is 0.306 e. The van der Waals surface area contributed by atoms with Crippen molar-refractivity contribution >= 4 is 17.9 Å². The Labute approximate surface area is 393 Å². The van der Waals surface area contributed by atoms with E-state index in [9.17, 15) is 14.4 Å². The molecule has 1 atom stereocenters. The molecule has 6 heteroatoms. The number of carbonyl (C=O) groups excluding carboxylic acids is 3. The Morgan fingerprint density at radius 3 is 0.778 bits per heavy atom. The maximum absolute atomic E-state index is 12.8. The summed E-state index contributed by atoms with van der Waals surface area (Å²) in [5.41, 5.74) is 0. The maximum atomic E-state index is 12.8. The average Bonchev–Trinajstić information content (AvgIpc) is 3.27. The first-order chi connectivity index (χ1) is 30.9. The van der Waals surface area contributed by atoms with E-state index < -0.39 is 6.10 Å². The van der Waals surface area contributed by atoms with E-state index in [1.54, 1.807) is 0 Å². The number of ether oxygens (including phenoxy) is 3. The highest BCUT2D eigenvalue weighted by Crippen LogP contribution is 2.18. The molecule has 0 heterocycles. The molecule has 0 unspecified atom stereocenters. The molecule has 374 valence electrons. The van der Waals surface area contributed by atoms with Gasteiger partial charge in [-0.25, -0.2) is 0 Å². The highest BCUT2D eigenvalue weighted by atomic mass is 16.6. The second-order valence-corrected chi connectivity index (χ2v) is 20.1. The molecule has 0 aromatic carbocycles. The van der Waals surface area contributed by atoms with Crippen molar-refractivity contribution < 1.29 is 28.6 Å². The predicted molar refractivity (Wildman–Crippen MR) is 270 cm³/mol. The molecule has 6 nitrogen and oxygen atoms in total. The summed E-state index contributed by atoms with van der Waals surface area (Å²) in [4.78, 5) is 38.0. The molecule has 0 aliphatic carbocycles. The zero-order chi connectivity index (χ0) is 45.9. The van der Waals surface area contributed by atoms with Crippen LogP contribution in [0.3, 0.4) is 0 Å². The Morgan fingerprint density at radius 1 is 0.302 bits per heavy atom. The Bertz CT molecular complexity index is 949. The van der Waals surface area contributed by atoms with E-state index in [1.165, 1.54) is 218 Å². The van der Waals surface area contributed by atoms with Gasteiger partial charge in [-0.05, 0) is 25.2 Å². The van der Waals surface area contributed by atoms with Gasteiger partial charge in [0.25, 0.3) is 0 Å². The van der Waals surface area contributed by atoms with Crippen LogP contribution in [-0.4, -0.2) is 37.2 Å². The van der Waals surface area contributed by atoms with E-state index in [2.05, 4.69) is 27.7 Å². The van der Waals surface area contributed by atoms with E-state index in [4.69, 9.17) is 14.2 Å². The van der Waals surface area contributed by atoms with Gasteiger partial charge in [-0.15, -0.1) is 0 Å².